The third-order valence-electron chi connectivity index (χ3n) is 10.4. The van der Waals surface area contributed by atoms with Crippen LogP contribution >= 0.6 is 0 Å². The number of aromatic nitrogens is 2. The van der Waals surface area contributed by atoms with Gasteiger partial charge in [-0.05, 0) is 48.2 Å². The predicted octanol–water partition coefficient (Wildman–Crippen LogP) is 9.78. The Hall–Kier alpha value is -5.59. The SMILES string of the molecule is CCCCCCOc1cccc(C([Si]c2ccccc2)(c2cccc(OCCCCCC)c2)n2ccnc2)c1.c1ccc(B(c2ccccc2)c2ccccc2)cc1. The Morgan fingerprint density at radius 1 is 0.517 bits per heavy atom. The van der Waals surface area contributed by atoms with Crippen molar-refractivity contribution in [3.63, 3.8) is 0 Å². The summed E-state index contributed by atoms with van der Waals surface area (Å²) >= 11 is 0. The van der Waals surface area contributed by atoms with Crippen molar-refractivity contribution in [1.82, 2.24) is 9.55 Å². The first-order valence-corrected chi connectivity index (χ1v) is 22.1. The van der Waals surface area contributed by atoms with Crippen LogP contribution < -0.4 is 31.0 Å². The van der Waals surface area contributed by atoms with E-state index in [0.29, 0.717) is 16.2 Å². The van der Waals surface area contributed by atoms with Crippen molar-refractivity contribution in [2.24, 2.45) is 0 Å². The van der Waals surface area contributed by atoms with Gasteiger partial charge in [0.1, 0.15) is 21.0 Å². The van der Waals surface area contributed by atoms with E-state index in [4.69, 9.17) is 9.47 Å². The normalized spacial score (nSPS) is 11.0. The van der Waals surface area contributed by atoms with Crippen molar-refractivity contribution in [3.8, 4) is 11.5 Å². The molecule has 0 amide bonds. The topological polar surface area (TPSA) is 36.3 Å². The van der Waals surface area contributed by atoms with Gasteiger partial charge in [0.05, 0.1) is 24.7 Å². The molecule has 0 unspecified atom stereocenters. The molecule has 0 saturated carbocycles. The average molecular weight is 781 g/mol. The van der Waals surface area contributed by atoms with Crippen molar-refractivity contribution < 1.29 is 9.47 Å². The molecule has 7 aromatic rings. The van der Waals surface area contributed by atoms with Crippen LogP contribution in [0.5, 0.6) is 11.5 Å². The number of ether oxygens (including phenoxy) is 2. The Kier molecular flexibility index (Phi) is 16.6. The van der Waals surface area contributed by atoms with Crippen molar-refractivity contribution in [1.29, 1.82) is 0 Å². The van der Waals surface area contributed by atoms with Crippen molar-refractivity contribution in [3.05, 3.63) is 200 Å². The van der Waals surface area contributed by atoms with Gasteiger partial charge in [-0.1, -0.05) is 220 Å². The molecule has 0 N–H and O–H groups in total. The van der Waals surface area contributed by atoms with Crippen molar-refractivity contribution >= 4 is 37.8 Å². The Labute approximate surface area is 350 Å². The molecule has 0 saturated heterocycles. The third kappa shape index (κ3) is 11.7. The first-order chi connectivity index (χ1) is 28.7. The van der Waals surface area contributed by atoms with Gasteiger partial charge in [0.2, 0.25) is 6.71 Å². The van der Waals surface area contributed by atoms with Crippen LogP contribution in [-0.2, 0) is 5.16 Å². The molecule has 2 radical (unpaired) electrons. The molecule has 0 spiro atoms. The van der Waals surface area contributed by atoms with Gasteiger partial charge in [0.15, 0.2) is 0 Å². The molecule has 7 rings (SSSR count). The van der Waals surface area contributed by atoms with E-state index >= 15 is 0 Å². The van der Waals surface area contributed by atoms with Gasteiger partial charge in [0.25, 0.3) is 0 Å². The smallest absolute Gasteiger partial charge is 0.241 e. The quantitative estimate of drug-likeness (QED) is 0.0571. The number of benzene rings is 6. The Bertz CT molecular complexity index is 2000. The molecule has 4 nitrogen and oxygen atoms in total. The van der Waals surface area contributed by atoms with Crippen molar-refractivity contribution in [2.75, 3.05) is 13.2 Å². The largest absolute Gasteiger partial charge is 0.494 e. The summed E-state index contributed by atoms with van der Waals surface area (Å²) in [6, 6.07) is 60.0. The zero-order valence-corrected chi connectivity index (χ0v) is 35.3. The highest BCUT2D eigenvalue weighted by molar-refractivity contribution is 6.95. The predicted molar refractivity (Wildman–Crippen MR) is 246 cm³/mol. The second kappa shape index (κ2) is 23.0. The molecule has 0 aliphatic rings. The van der Waals surface area contributed by atoms with Gasteiger partial charge in [-0.15, -0.1) is 0 Å². The molecule has 294 valence electrons. The second-order valence-corrected chi connectivity index (χ2v) is 16.3. The number of nitrogens with zero attached hydrogens (tertiary/aromatic N) is 2. The first kappa shape index (κ1) is 42.0. The lowest BCUT2D eigenvalue weighted by Gasteiger charge is -2.37. The lowest BCUT2D eigenvalue weighted by molar-refractivity contribution is 0.304. The van der Waals surface area contributed by atoms with E-state index in [-0.39, 0.29) is 0 Å². The number of imidazole rings is 1. The van der Waals surface area contributed by atoms with Crippen molar-refractivity contribution in [2.45, 2.75) is 70.4 Å². The number of hydrogen-bond acceptors (Lipinski definition) is 3. The third-order valence-corrected chi connectivity index (χ3v) is 12.2. The van der Waals surface area contributed by atoms with E-state index in [1.807, 2.05) is 12.5 Å². The van der Waals surface area contributed by atoms with Crippen LogP contribution in [-0.4, -0.2) is 39.0 Å². The van der Waals surface area contributed by atoms with E-state index in [9.17, 15) is 0 Å². The highest BCUT2D eigenvalue weighted by Crippen LogP contribution is 2.36. The summed E-state index contributed by atoms with van der Waals surface area (Å²) < 4.78 is 14.8. The number of rotatable bonds is 20. The second-order valence-electron chi connectivity index (χ2n) is 14.7. The maximum Gasteiger partial charge on any atom is 0.241 e. The highest BCUT2D eigenvalue weighted by atomic mass is 28.2. The Morgan fingerprint density at radius 3 is 1.38 bits per heavy atom. The van der Waals surface area contributed by atoms with Crippen LogP contribution in [0, 0.1) is 0 Å². The highest BCUT2D eigenvalue weighted by Gasteiger charge is 2.38. The summed E-state index contributed by atoms with van der Waals surface area (Å²) in [6.45, 7) is 6.26. The lowest BCUT2D eigenvalue weighted by Crippen LogP contribution is -2.51. The summed E-state index contributed by atoms with van der Waals surface area (Å²) in [5, 5.41) is 0.782. The molecule has 58 heavy (non-hydrogen) atoms. The maximum absolute atomic E-state index is 6.25. The summed E-state index contributed by atoms with van der Waals surface area (Å²) in [4.78, 5) is 4.49. The van der Waals surface area contributed by atoms with E-state index in [2.05, 4.69) is 199 Å². The monoisotopic (exact) mass is 780 g/mol. The molecular formula is C52H57BN2O2Si. The molecule has 6 aromatic carbocycles. The van der Waals surface area contributed by atoms with Crippen LogP contribution in [0.15, 0.2) is 189 Å². The molecule has 0 atom stereocenters. The Balaban J connectivity index is 0.000000247. The molecule has 0 aliphatic carbocycles. The molecular weight excluding hydrogens is 723 g/mol. The zero-order valence-electron chi connectivity index (χ0n) is 34.3. The Morgan fingerprint density at radius 2 is 0.966 bits per heavy atom. The number of unbranched alkanes of at least 4 members (excludes halogenated alkanes) is 6. The minimum Gasteiger partial charge on any atom is -0.494 e. The minimum atomic E-state index is -0.499. The van der Waals surface area contributed by atoms with Crippen LogP contribution in [0.3, 0.4) is 0 Å². The summed E-state index contributed by atoms with van der Waals surface area (Å²) in [5.74, 6) is 1.82. The number of hydrogen-bond donors (Lipinski definition) is 0. The molecule has 0 bridgehead atoms. The van der Waals surface area contributed by atoms with Gasteiger partial charge in [-0.25, -0.2) is 4.98 Å². The molecule has 1 aromatic heterocycles. The summed E-state index contributed by atoms with van der Waals surface area (Å²) in [5.41, 5.74) is 6.35. The van der Waals surface area contributed by atoms with Gasteiger partial charge in [-0.3, -0.25) is 0 Å². The van der Waals surface area contributed by atoms with Crippen LogP contribution in [0.1, 0.15) is 76.3 Å². The van der Waals surface area contributed by atoms with Crippen LogP contribution in [0.4, 0.5) is 0 Å². The van der Waals surface area contributed by atoms with Gasteiger partial charge >= 0.3 is 0 Å². The lowest BCUT2D eigenvalue weighted by atomic mass is 9.37. The molecule has 0 fully saturated rings. The molecule has 1 heterocycles. The van der Waals surface area contributed by atoms with E-state index in [1.54, 1.807) is 0 Å². The average Bonchev–Trinajstić information content (AvgIpc) is 3.83. The van der Waals surface area contributed by atoms with Gasteiger partial charge in [-0.2, -0.15) is 0 Å². The van der Waals surface area contributed by atoms with Crippen LogP contribution in [0.2, 0.25) is 0 Å². The van der Waals surface area contributed by atoms with Gasteiger partial charge < -0.3 is 14.0 Å². The first-order valence-electron chi connectivity index (χ1n) is 21.1. The molecule has 6 heteroatoms. The fraction of sp³-hybridized carbons (Fsp3) is 0.250. The summed E-state index contributed by atoms with van der Waals surface area (Å²) in [6.07, 6.45) is 15.4. The van der Waals surface area contributed by atoms with Crippen LogP contribution in [0.25, 0.3) is 0 Å². The standard InChI is InChI=1S/C34H42N2O2Si.C18H15B/c1-3-5-7-12-24-37-31-18-14-16-29(26-31)34(36-23-22-35-28-36,39-33-20-10-9-11-21-33)30-17-15-19-32(27-30)38-25-13-8-6-4-2;1-4-10-16(11-5-1)19(17-12-6-2-7-13-17)18-14-8-3-9-15-18/h9-11,14-23,26-28H,3-8,12-13,24-25H2,1-2H3;1-15H. The zero-order chi connectivity index (χ0) is 40.1. The fourth-order valence-corrected chi connectivity index (χ4v) is 9.07. The van der Waals surface area contributed by atoms with E-state index in [0.717, 1.165) is 37.6 Å². The minimum absolute atomic E-state index is 0.309. The summed E-state index contributed by atoms with van der Waals surface area (Å²) in [7, 11) is 0.424. The van der Waals surface area contributed by atoms with E-state index < -0.39 is 5.16 Å². The van der Waals surface area contributed by atoms with Gasteiger partial charge in [0, 0.05) is 12.4 Å². The fourth-order valence-electron chi connectivity index (χ4n) is 7.43. The van der Waals surface area contributed by atoms with E-state index in [1.165, 1.54) is 71.2 Å². The maximum atomic E-state index is 6.25. The molecule has 0 aliphatic heterocycles.